The van der Waals surface area contributed by atoms with E-state index in [-0.39, 0.29) is 29.5 Å². The van der Waals surface area contributed by atoms with Crippen molar-refractivity contribution in [1.82, 2.24) is 4.90 Å². The number of aliphatic hydroxyl groups excluding tert-OH is 1. The highest BCUT2D eigenvalue weighted by molar-refractivity contribution is 6.46. The average molecular weight is 416 g/mol. The third-order valence-corrected chi connectivity index (χ3v) is 5.53. The van der Waals surface area contributed by atoms with Crippen molar-refractivity contribution in [2.75, 3.05) is 13.2 Å². The number of carbonyl (C=O) groups excluding carboxylic acids is 2. The Kier molecular flexibility index (Phi) is 5.39. The first-order valence-corrected chi connectivity index (χ1v) is 9.75. The smallest absolute Gasteiger partial charge is 0.295 e. The number of amides is 1. The molecule has 150 valence electrons. The number of halogens is 2. The van der Waals surface area contributed by atoms with Gasteiger partial charge in [-0.15, -0.1) is 0 Å². The number of ketones is 1. The zero-order valence-corrected chi connectivity index (χ0v) is 16.2. The lowest BCUT2D eigenvalue weighted by molar-refractivity contribution is -0.140. The van der Waals surface area contributed by atoms with Crippen LogP contribution in [0.15, 0.2) is 54.1 Å². The van der Waals surface area contributed by atoms with Crippen molar-refractivity contribution in [2.45, 2.75) is 25.0 Å². The number of Topliss-reactive ketones (excluding diaryl/α,β-unsaturated/α-hetero) is 1. The average Bonchev–Trinajstić information content (AvgIpc) is 3.31. The molecule has 0 aliphatic carbocycles. The highest BCUT2D eigenvalue weighted by Gasteiger charge is 2.47. The molecule has 2 saturated heterocycles. The van der Waals surface area contributed by atoms with Gasteiger partial charge >= 0.3 is 0 Å². The molecule has 2 unspecified atom stereocenters. The van der Waals surface area contributed by atoms with Crippen LogP contribution in [0.1, 0.15) is 30.0 Å². The summed E-state index contributed by atoms with van der Waals surface area (Å²) in [5.74, 6) is -2.53. The number of benzene rings is 2. The number of aliphatic hydroxyl groups is 1. The topological polar surface area (TPSA) is 66.8 Å². The van der Waals surface area contributed by atoms with Crippen molar-refractivity contribution in [3.05, 3.63) is 76.1 Å². The van der Waals surface area contributed by atoms with Crippen LogP contribution in [0.25, 0.3) is 5.76 Å². The van der Waals surface area contributed by atoms with Crippen LogP contribution in [0.5, 0.6) is 0 Å². The molecule has 2 aliphatic rings. The van der Waals surface area contributed by atoms with E-state index in [0.29, 0.717) is 17.2 Å². The minimum absolute atomic E-state index is 0.139. The van der Waals surface area contributed by atoms with Gasteiger partial charge in [-0.2, -0.15) is 0 Å². The maximum Gasteiger partial charge on any atom is 0.295 e. The fourth-order valence-electron chi connectivity index (χ4n) is 3.86. The second-order valence-electron chi connectivity index (χ2n) is 7.11. The van der Waals surface area contributed by atoms with Gasteiger partial charge in [0.15, 0.2) is 0 Å². The predicted molar refractivity (Wildman–Crippen MR) is 106 cm³/mol. The molecule has 2 fully saturated rings. The summed E-state index contributed by atoms with van der Waals surface area (Å²) in [6.07, 6.45) is 1.39. The Balaban J connectivity index is 1.84. The molecule has 0 aromatic heterocycles. The van der Waals surface area contributed by atoms with E-state index in [9.17, 15) is 19.1 Å². The lowest BCUT2D eigenvalue weighted by Crippen LogP contribution is -2.36. The summed E-state index contributed by atoms with van der Waals surface area (Å²) in [5, 5.41) is 11.3. The molecular formula is C22H19ClFNO4. The monoisotopic (exact) mass is 415 g/mol. The minimum atomic E-state index is -1.03. The van der Waals surface area contributed by atoms with Gasteiger partial charge in [0.1, 0.15) is 11.6 Å². The Morgan fingerprint density at radius 3 is 2.55 bits per heavy atom. The van der Waals surface area contributed by atoms with Crippen LogP contribution in [-0.2, 0) is 14.3 Å². The lowest BCUT2D eigenvalue weighted by atomic mass is 9.95. The Bertz CT molecular complexity index is 983. The standard InChI is InChI=1S/C22H19ClFNO4/c23-14-9-7-13(8-10-14)20(26)18-19(16-5-1-2-6-17(16)24)25(22(28)21(18)27)12-15-4-3-11-29-15/h1-2,5-10,15,19,26H,3-4,11-12H2. The number of likely N-dealkylation sites (tertiary alicyclic amines) is 1. The van der Waals surface area contributed by atoms with E-state index >= 15 is 0 Å². The molecule has 2 aromatic carbocycles. The number of hydrogen-bond acceptors (Lipinski definition) is 4. The van der Waals surface area contributed by atoms with Gasteiger partial charge in [-0.3, -0.25) is 9.59 Å². The lowest BCUT2D eigenvalue weighted by Gasteiger charge is -2.27. The largest absolute Gasteiger partial charge is 0.507 e. The zero-order valence-electron chi connectivity index (χ0n) is 15.5. The first kappa shape index (κ1) is 19.6. The van der Waals surface area contributed by atoms with Gasteiger partial charge in [-0.1, -0.05) is 29.8 Å². The second-order valence-corrected chi connectivity index (χ2v) is 7.55. The predicted octanol–water partition coefficient (Wildman–Crippen LogP) is 4.08. The molecule has 0 bridgehead atoms. The van der Waals surface area contributed by atoms with E-state index in [2.05, 4.69) is 0 Å². The van der Waals surface area contributed by atoms with E-state index in [4.69, 9.17) is 16.3 Å². The SMILES string of the molecule is O=C1C(=O)N(CC2CCCO2)C(c2ccccc2F)C1=C(O)c1ccc(Cl)cc1. The van der Waals surface area contributed by atoms with Gasteiger partial charge in [0.25, 0.3) is 11.7 Å². The summed E-state index contributed by atoms with van der Waals surface area (Å²) in [6, 6.07) is 11.1. The molecule has 2 aromatic rings. The van der Waals surface area contributed by atoms with Crippen LogP contribution in [0, 0.1) is 5.82 Å². The van der Waals surface area contributed by atoms with Crippen molar-refractivity contribution < 1.29 is 23.8 Å². The third kappa shape index (κ3) is 3.66. The summed E-state index contributed by atoms with van der Waals surface area (Å²) in [7, 11) is 0. The Hall–Kier alpha value is -2.70. The molecule has 0 radical (unpaired) electrons. The molecule has 5 nitrogen and oxygen atoms in total. The Morgan fingerprint density at radius 1 is 1.17 bits per heavy atom. The van der Waals surface area contributed by atoms with E-state index in [1.165, 1.54) is 23.1 Å². The normalized spacial score (nSPS) is 23.7. The Morgan fingerprint density at radius 2 is 1.90 bits per heavy atom. The highest BCUT2D eigenvalue weighted by Crippen LogP contribution is 2.41. The van der Waals surface area contributed by atoms with Crippen molar-refractivity contribution in [2.24, 2.45) is 0 Å². The van der Waals surface area contributed by atoms with Crippen LogP contribution >= 0.6 is 11.6 Å². The van der Waals surface area contributed by atoms with Gasteiger partial charge in [0.05, 0.1) is 17.7 Å². The van der Waals surface area contributed by atoms with Crippen molar-refractivity contribution in [3.8, 4) is 0 Å². The number of ether oxygens (including phenoxy) is 1. The van der Waals surface area contributed by atoms with Crippen molar-refractivity contribution in [1.29, 1.82) is 0 Å². The molecule has 1 N–H and O–H groups in total. The molecule has 2 heterocycles. The molecule has 2 aliphatic heterocycles. The van der Waals surface area contributed by atoms with E-state index in [1.807, 2.05) is 0 Å². The van der Waals surface area contributed by atoms with Gasteiger partial charge in [-0.05, 0) is 43.2 Å². The maximum absolute atomic E-state index is 14.7. The Labute approximate surface area is 172 Å². The number of hydrogen-bond donors (Lipinski definition) is 1. The van der Waals surface area contributed by atoms with E-state index in [0.717, 1.165) is 12.8 Å². The minimum Gasteiger partial charge on any atom is -0.507 e. The van der Waals surface area contributed by atoms with Crippen LogP contribution in [0.3, 0.4) is 0 Å². The number of carbonyl (C=O) groups is 2. The molecule has 1 amide bonds. The molecule has 7 heteroatoms. The first-order valence-electron chi connectivity index (χ1n) is 9.37. The molecule has 2 atom stereocenters. The van der Waals surface area contributed by atoms with Gasteiger partial charge in [0.2, 0.25) is 0 Å². The van der Waals surface area contributed by atoms with Crippen LogP contribution in [-0.4, -0.2) is 41.0 Å². The summed E-state index contributed by atoms with van der Waals surface area (Å²) >= 11 is 5.90. The molecule has 0 saturated carbocycles. The molecule has 29 heavy (non-hydrogen) atoms. The third-order valence-electron chi connectivity index (χ3n) is 5.28. The summed E-state index contributed by atoms with van der Waals surface area (Å²) in [5.41, 5.74) is 0.339. The van der Waals surface area contributed by atoms with Crippen molar-refractivity contribution >= 4 is 29.1 Å². The highest BCUT2D eigenvalue weighted by atomic mass is 35.5. The van der Waals surface area contributed by atoms with Gasteiger partial charge in [0, 0.05) is 29.3 Å². The first-order chi connectivity index (χ1) is 14.0. The summed E-state index contributed by atoms with van der Waals surface area (Å²) in [6.45, 7) is 0.741. The number of rotatable bonds is 4. The number of nitrogens with zero attached hydrogens (tertiary/aromatic N) is 1. The zero-order chi connectivity index (χ0) is 20.5. The van der Waals surface area contributed by atoms with Crippen LogP contribution < -0.4 is 0 Å². The summed E-state index contributed by atoms with van der Waals surface area (Å²) in [4.78, 5) is 27.0. The fourth-order valence-corrected chi connectivity index (χ4v) is 3.99. The summed E-state index contributed by atoms with van der Waals surface area (Å²) < 4.78 is 20.3. The fraction of sp³-hybridized carbons (Fsp3) is 0.273. The van der Waals surface area contributed by atoms with E-state index < -0.39 is 23.5 Å². The molecule has 0 spiro atoms. The quantitative estimate of drug-likeness (QED) is 0.464. The van der Waals surface area contributed by atoms with Crippen LogP contribution in [0.2, 0.25) is 5.02 Å². The van der Waals surface area contributed by atoms with Crippen molar-refractivity contribution in [3.63, 3.8) is 0 Å². The molecule has 4 rings (SSSR count). The molecular weight excluding hydrogens is 397 g/mol. The van der Waals surface area contributed by atoms with Gasteiger partial charge in [-0.25, -0.2) is 4.39 Å². The second kappa shape index (κ2) is 7.97. The van der Waals surface area contributed by atoms with E-state index in [1.54, 1.807) is 30.3 Å². The van der Waals surface area contributed by atoms with Gasteiger partial charge < -0.3 is 14.7 Å². The maximum atomic E-state index is 14.7. The van der Waals surface area contributed by atoms with Crippen LogP contribution in [0.4, 0.5) is 4.39 Å².